The lowest BCUT2D eigenvalue weighted by Crippen LogP contribution is -2.39. The number of benzene rings is 1. The minimum absolute atomic E-state index is 0.0494. The molecule has 0 aliphatic heterocycles. The molecule has 0 spiro atoms. The highest BCUT2D eigenvalue weighted by Crippen LogP contribution is 2.33. The summed E-state index contributed by atoms with van der Waals surface area (Å²) in [6.07, 6.45) is -3.79. The Morgan fingerprint density at radius 2 is 1.84 bits per heavy atom. The van der Waals surface area contributed by atoms with Crippen LogP contribution in [0.3, 0.4) is 0 Å². The van der Waals surface area contributed by atoms with Crippen LogP contribution < -0.4 is 5.32 Å². The molecule has 0 radical (unpaired) electrons. The Balaban J connectivity index is 2.85. The molecule has 8 heteroatoms. The number of nitrogens with one attached hydrogen (secondary N) is 1. The Morgan fingerprint density at radius 3 is 2.37 bits per heavy atom. The zero-order chi connectivity index (χ0) is 14.8. The largest absolute Gasteiger partial charge is 0.319 e. The van der Waals surface area contributed by atoms with Crippen molar-refractivity contribution in [3.63, 3.8) is 0 Å². The highest BCUT2D eigenvalue weighted by atomic mass is 35.5. The maximum Gasteiger partial charge on any atom is 0.319 e. The number of hydrogen-bond acceptors (Lipinski definition) is 1. The quantitative estimate of drug-likeness (QED) is 0.613. The van der Waals surface area contributed by atoms with Crippen LogP contribution in [0.1, 0.15) is 18.5 Å². The summed E-state index contributed by atoms with van der Waals surface area (Å²) in [5.41, 5.74) is 0.0494. The van der Waals surface area contributed by atoms with Crippen LogP contribution in [-0.4, -0.2) is 18.9 Å². The number of hydrogen-bond donors (Lipinski definition) is 1. The van der Waals surface area contributed by atoms with Crippen molar-refractivity contribution in [2.75, 3.05) is 6.54 Å². The van der Waals surface area contributed by atoms with Gasteiger partial charge >= 0.3 is 12.3 Å². The molecule has 0 fully saturated rings. The molecule has 1 nitrogen and oxygen atoms in total. The highest BCUT2D eigenvalue weighted by Gasteiger charge is 2.40. The Hall–Kier alpha value is -0.590. The minimum atomic E-state index is -4.18. The average molecular weight is 322 g/mol. The molecule has 0 aliphatic rings. The van der Waals surface area contributed by atoms with Gasteiger partial charge in [-0.15, -0.1) is 0 Å². The molecule has 0 aromatic heterocycles. The van der Waals surface area contributed by atoms with Gasteiger partial charge in [0.15, 0.2) is 0 Å². The summed E-state index contributed by atoms with van der Waals surface area (Å²) in [6.45, 7) is 0.100. The standard InChI is InChI=1S/C11H10Cl2F5N/c1-5(19-4-11(17,18)10(15)16)8-6(12)2-3-7(14)9(8)13/h2-3,5,10,19H,4H2,1H3. The van der Waals surface area contributed by atoms with Crippen molar-refractivity contribution < 1.29 is 22.0 Å². The van der Waals surface area contributed by atoms with E-state index < -0.39 is 30.8 Å². The van der Waals surface area contributed by atoms with Gasteiger partial charge in [0, 0.05) is 16.6 Å². The van der Waals surface area contributed by atoms with E-state index in [0.717, 1.165) is 6.07 Å². The first-order chi connectivity index (χ1) is 8.66. The van der Waals surface area contributed by atoms with Crippen LogP contribution in [0.25, 0.3) is 0 Å². The predicted octanol–water partition coefficient (Wildman–Crippen LogP) is 4.68. The van der Waals surface area contributed by atoms with Crippen LogP contribution in [0.2, 0.25) is 10.0 Å². The molecular weight excluding hydrogens is 312 g/mol. The first-order valence-corrected chi connectivity index (χ1v) is 5.95. The fourth-order valence-electron chi connectivity index (χ4n) is 1.41. The summed E-state index contributed by atoms with van der Waals surface area (Å²) in [7, 11) is 0. The van der Waals surface area contributed by atoms with Gasteiger partial charge in [-0.1, -0.05) is 23.2 Å². The van der Waals surface area contributed by atoms with Crippen molar-refractivity contribution in [1.29, 1.82) is 0 Å². The Bertz CT molecular complexity index is 453. The molecular formula is C11H10Cl2F5N. The SMILES string of the molecule is CC(NCC(F)(F)C(F)F)c1c(Cl)ccc(F)c1Cl. The fraction of sp³-hybridized carbons (Fsp3) is 0.455. The first kappa shape index (κ1) is 16.5. The number of rotatable bonds is 5. The predicted molar refractivity (Wildman–Crippen MR) is 63.8 cm³/mol. The number of halogens is 7. The summed E-state index contributed by atoms with van der Waals surface area (Å²) < 4.78 is 62.7. The third-order valence-corrected chi connectivity index (χ3v) is 3.19. The third kappa shape index (κ3) is 3.94. The zero-order valence-corrected chi connectivity index (χ0v) is 11.2. The molecule has 1 aromatic rings. The van der Waals surface area contributed by atoms with E-state index in [9.17, 15) is 22.0 Å². The van der Waals surface area contributed by atoms with E-state index in [4.69, 9.17) is 23.2 Å². The summed E-state index contributed by atoms with van der Waals surface area (Å²) >= 11 is 11.5. The smallest absolute Gasteiger partial charge is 0.304 e. The summed E-state index contributed by atoms with van der Waals surface area (Å²) in [5.74, 6) is -4.95. The highest BCUT2D eigenvalue weighted by molar-refractivity contribution is 6.36. The molecule has 108 valence electrons. The van der Waals surface area contributed by atoms with Crippen molar-refractivity contribution in [3.8, 4) is 0 Å². The van der Waals surface area contributed by atoms with Crippen molar-refractivity contribution in [1.82, 2.24) is 5.32 Å². The lowest BCUT2D eigenvalue weighted by Gasteiger charge is -2.21. The van der Waals surface area contributed by atoms with Gasteiger partial charge in [0.05, 0.1) is 11.6 Å². The van der Waals surface area contributed by atoms with E-state index in [1.807, 2.05) is 0 Å². The first-order valence-electron chi connectivity index (χ1n) is 5.19. The molecule has 0 amide bonds. The Morgan fingerprint density at radius 1 is 1.26 bits per heavy atom. The Kier molecular flexibility index (Phi) is 5.41. The number of alkyl halides is 4. The molecule has 0 saturated carbocycles. The van der Waals surface area contributed by atoms with Crippen molar-refractivity contribution in [3.05, 3.63) is 33.6 Å². The van der Waals surface area contributed by atoms with Gasteiger partial charge in [-0.05, 0) is 19.1 Å². The van der Waals surface area contributed by atoms with Gasteiger partial charge in [0.2, 0.25) is 0 Å². The molecule has 1 atom stereocenters. The van der Waals surface area contributed by atoms with Crippen molar-refractivity contribution >= 4 is 23.2 Å². The van der Waals surface area contributed by atoms with Crippen molar-refractivity contribution in [2.24, 2.45) is 0 Å². The topological polar surface area (TPSA) is 12.0 Å². The molecule has 0 bridgehead atoms. The van der Waals surface area contributed by atoms with Crippen LogP contribution >= 0.6 is 23.2 Å². The van der Waals surface area contributed by atoms with E-state index in [1.54, 1.807) is 0 Å². The average Bonchev–Trinajstić information content (AvgIpc) is 2.32. The van der Waals surface area contributed by atoms with Gasteiger partial charge < -0.3 is 5.32 Å². The van der Waals surface area contributed by atoms with Gasteiger partial charge in [0.1, 0.15) is 5.82 Å². The lowest BCUT2D eigenvalue weighted by molar-refractivity contribution is -0.126. The fourth-order valence-corrected chi connectivity index (χ4v) is 2.11. The molecule has 1 unspecified atom stereocenters. The molecule has 1 aromatic carbocycles. The third-order valence-electron chi connectivity index (χ3n) is 2.48. The maximum absolute atomic E-state index is 13.2. The summed E-state index contributed by atoms with van der Waals surface area (Å²) in [6, 6.07) is 1.33. The minimum Gasteiger partial charge on any atom is -0.304 e. The van der Waals surface area contributed by atoms with E-state index in [-0.39, 0.29) is 15.6 Å². The normalized spacial score (nSPS) is 13.9. The molecule has 19 heavy (non-hydrogen) atoms. The monoisotopic (exact) mass is 321 g/mol. The zero-order valence-electron chi connectivity index (χ0n) is 9.66. The van der Waals surface area contributed by atoms with E-state index in [1.165, 1.54) is 13.0 Å². The molecule has 1 N–H and O–H groups in total. The van der Waals surface area contributed by atoms with Crippen LogP contribution in [0.15, 0.2) is 12.1 Å². The van der Waals surface area contributed by atoms with E-state index in [2.05, 4.69) is 5.32 Å². The maximum atomic E-state index is 13.2. The van der Waals surface area contributed by atoms with Gasteiger partial charge in [-0.25, -0.2) is 13.2 Å². The van der Waals surface area contributed by atoms with Crippen LogP contribution in [0.5, 0.6) is 0 Å². The van der Waals surface area contributed by atoms with Crippen LogP contribution in [0.4, 0.5) is 22.0 Å². The van der Waals surface area contributed by atoms with Crippen LogP contribution in [-0.2, 0) is 0 Å². The molecule has 0 heterocycles. The molecule has 1 rings (SSSR count). The van der Waals surface area contributed by atoms with Gasteiger partial charge in [-0.2, -0.15) is 8.78 Å². The summed E-state index contributed by atoms with van der Waals surface area (Å²) in [5, 5.41) is 1.90. The van der Waals surface area contributed by atoms with E-state index in [0.29, 0.717) is 0 Å². The van der Waals surface area contributed by atoms with Gasteiger partial charge in [-0.3, -0.25) is 0 Å². The van der Waals surface area contributed by atoms with E-state index >= 15 is 0 Å². The second kappa shape index (κ2) is 6.24. The van der Waals surface area contributed by atoms with Gasteiger partial charge in [0.25, 0.3) is 0 Å². The summed E-state index contributed by atoms with van der Waals surface area (Å²) in [4.78, 5) is 0. The van der Waals surface area contributed by atoms with Crippen LogP contribution in [0, 0.1) is 5.82 Å². The molecule has 0 saturated heterocycles. The molecule has 0 aliphatic carbocycles. The van der Waals surface area contributed by atoms with Crippen molar-refractivity contribution in [2.45, 2.75) is 25.3 Å². The second-order valence-electron chi connectivity index (χ2n) is 3.92. The lowest BCUT2D eigenvalue weighted by atomic mass is 10.1. The Labute approximate surface area is 116 Å². The second-order valence-corrected chi connectivity index (χ2v) is 4.71.